The van der Waals surface area contributed by atoms with Crippen LogP contribution < -0.4 is 5.32 Å². The molecule has 2 aromatic rings. The number of ether oxygens (including phenoxy) is 2. The number of rotatable bonds is 5. The number of hydrogen-bond acceptors (Lipinski definition) is 5. The third-order valence-corrected chi connectivity index (χ3v) is 5.31. The number of carbonyl (C=O) groups is 1. The molecule has 1 aliphatic rings. The molecule has 6 nitrogen and oxygen atoms in total. The second kappa shape index (κ2) is 7.03. The summed E-state index contributed by atoms with van der Waals surface area (Å²) in [7, 11) is 1.53. The Kier molecular flexibility index (Phi) is 4.99. The lowest BCUT2D eigenvalue weighted by atomic mass is 9.88. The normalized spacial score (nSPS) is 15.9. The highest BCUT2D eigenvalue weighted by molar-refractivity contribution is 8.13. The van der Waals surface area contributed by atoms with Crippen molar-refractivity contribution in [2.24, 2.45) is 0 Å². The maximum atomic E-state index is 12.1. The van der Waals surface area contributed by atoms with Gasteiger partial charge < -0.3 is 14.8 Å². The highest BCUT2D eigenvalue weighted by Crippen LogP contribution is 2.31. The van der Waals surface area contributed by atoms with Crippen LogP contribution in [0, 0.1) is 0 Å². The first kappa shape index (κ1) is 17.7. The van der Waals surface area contributed by atoms with Gasteiger partial charge in [-0.25, -0.2) is 13.2 Å². The van der Waals surface area contributed by atoms with Crippen LogP contribution in [0.2, 0.25) is 0 Å². The van der Waals surface area contributed by atoms with Crippen LogP contribution in [-0.2, 0) is 30.7 Å². The molecule has 3 rings (SSSR count). The van der Waals surface area contributed by atoms with Crippen LogP contribution in [0.15, 0.2) is 59.5 Å². The average molecular weight is 382 g/mol. The van der Waals surface area contributed by atoms with Crippen LogP contribution in [-0.4, -0.2) is 27.7 Å². The van der Waals surface area contributed by atoms with E-state index < -0.39 is 20.7 Å². The molecule has 1 heterocycles. The van der Waals surface area contributed by atoms with Gasteiger partial charge in [-0.3, -0.25) is 0 Å². The lowest BCUT2D eigenvalue weighted by Crippen LogP contribution is -2.59. The molecular weight excluding hydrogens is 366 g/mol. The zero-order chi connectivity index (χ0) is 17.9. The fourth-order valence-electron chi connectivity index (χ4n) is 2.51. The Balaban J connectivity index is 1.67. The third-order valence-electron chi connectivity index (χ3n) is 3.94. The van der Waals surface area contributed by atoms with Gasteiger partial charge in [0.15, 0.2) is 0 Å². The fraction of sp³-hybridized carbons (Fsp3) is 0.235. The lowest BCUT2D eigenvalue weighted by molar-refractivity contribution is -0.0762. The standard InChI is InChI=1S/C17H16ClNO5S/c18-25(21,22)15-8-6-14(7-9-15)17(11-23-12-17)19-16(20)24-10-13-4-2-1-3-5-13/h1-9H,10-12H2,(H,19,20). The number of amides is 1. The van der Waals surface area contributed by atoms with Crippen molar-refractivity contribution in [3.05, 3.63) is 65.7 Å². The molecule has 8 heteroatoms. The van der Waals surface area contributed by atoms with E-state index in [0.29, 0.717) is 0 Å². The third kappa shape index (κ3) is 4.12. The molecule has 0 radical (unpaired) electrons. The molecular formula is C17H16ClNO5S. The van der Waals surface area contributed by atoms with E-state index in [-0.39, 0.29) is 24.7 Å². The molecule has 1 aliphatic heterocycles. The molecule has 1 fully saturated rings. The monoisotopic (exact) mass is 381 g/mol. The van der Waals surface area contributed by atoms with E-state index in [0.717, 1.165) is 11.1 Å². The number of carbonyl (C=O) groups excluding carboxylic acids is 1. The zero-order valence-electron chi connectivity index (χ0n) is 13.1. The first-order valence-electron chi connectivity index (χ1n) is 7.51. The summed E-state index contributed by atoms with van der Waals surface area (Å²) >= 11 is 0. The molecule has 0 aliphatic carbocycles. The second-order valence-electron chi connectivity index (χ2n) is 5.72. The van der Waals surface area contributed by atoms with Gasteiger partial charge in [0.25, 0.3) is 9.05 Å². The van der Waals surface area contributed by atoms with Crippen molar-refractivity contribution in [1.82, 2.24) is 5.32 Å². The smallest absolute Gasteiger partial charge is 0.408 e. The van der Waals surface area contributed by atoms with Gasteiger partial charge in [-0.15, -0.1) is 0 Å². The maximum absolute atomic E-state index is 12.1. The van der Waals surface area contributed by atoms with Gasteiger partial charge in [0, 0.05) is 10.7 Å². The average Bonchev–Trinajstić information content (AvgIpc) is 2.57. The van der Waals surface area contributed by atoms with Crippen molar-refractivity contribution < 1.29 is 22.7 Å². The number of nitrogens with one attached hydrogen (secondary N) is 1. The summed E-state index contributed by atoms with van der Waals surface area (Å²) in [6, 6.07) is 15.3. The van der Waals surface area contributed by atoms with Crippen molar-refractivity contribution in [2.75, 3.05) is 13.2 Å². The number of benzene rings is 2. The maximum Gasteiger partial charge on any atom is 0.408 e. The van der Waals surface area contributed by atoms with E-state index in [1.54, 1.807) is 12.1 Å². The molecule has 0 spiro atoms. The molecule has 0 aromatic heterocycles. The van der Waals surface area contributed by atoms with Crippen LogP contribution in [0.25, 0.3) is 0 Å². The minimum Gasteiger partial charge on any atom is -0.445 e. The Hall–Kier alpha value is -2.09. The summed E-state index contributed by atoms with van der Waals surface area (Å²) in [5.74, 6) is 0. The van der Waals surface area contributed by atoms with E-state index in [9.17, 15) is 13.2 Å². The van der Waals surface area contributed by atoms with E-state index in [2.05, 4.69) is 5.32 Å². The first-order chi connectivity index (χ1) is 11.9. The van der Waals surface area contributed by atoms with E-state index in [1.807, 2.05) is 30.3 Å². The van der Waals surface area contributed by atoms with Gasteiger partial charge in [0.2, 0.25) is 0 Å². The Bertz CT molecular complexity index is 848. The van der Waals surface area contributed by atoms with Crippen molar-refractivity contribution in [3.8, 4) is 0 Å². The van der Waals surface area contributed by atoms with Gasteiger partial charge in [-0.1, -0.05) is 42.5 Å². The summed E-state index contributed by atoms with van der Waals surface area (Å²) in [5.41, 5.74) is 0.871. The minimum atomic E-state index is -3.79. The van der Waals surface area contributed by atoms with Crippen LogP contribution in [0.3, 0.4) is 0 Å². The van der Waals surface area contributed by atoms with Crippen molar-refractivity contribution in [2.45, 2.75) is 17.0 Å². The van der Waals surface area contributed by atoms with Crippen LogP contribution in [0.5, 0.6) is 0 Å². The summed E-state index contributed by atoms with van der Waals surface area (Å²) in [4.78, 5) is 12.1. The number of halogens is 1. The molecule has 1 N–H and O–H groups in total. The van der Waals surface area contributed by atoms with E-state index >= 15 is 0 Å². The highest BCUT2D eigenvalue weighted by atomic mass is 35.7. The SMILES string of the molecule is O=C(NC1(c2ccc(S(=O)(=O)Cl)cc2)COC1)OCc1ccccc1. The first-order valence-corrected chi connectivity index (χ1v) is 9.82. The summed E-state index contributed by atoms with van der Waals surface area (Å²) < 4.78 is 33.1. The van der Waals surface area contributed by atoms with Gasteiger partial charge >= 0.3 is 6.09 Å². The predicted octanol–water partition coefficient (Wildman–Crippen LogP) is 2.77. The Morgan fingerprint density at radius 2 is 1.76 bits per heavy atom. The molecule has 132 valence electrons. The van der Waals surface area contributed by atoms with Gasteiger partial charge in [0.1, 0.15) is 12.1 Å². The molecule has 0 unspecified atom stereocenters. The molecule has 2 aromatic carbocycles. The molecule has 1 saturated heterocycles. The van der Waals surface area contributed by atoms with E-state index in [1.165, 1.54) is 12.1 Å². The van der Waals surface area contributed by atoms with Crippen molar-refractivity contribution >= 4 is 25.8 Å². The summed E-state index contributed by atoms with van der Waals surface area (Å²) in [6.07, 6.45) is -0.568. The zero-order valence-corrected chi connectivity index (χ0v) is 14.7. The molecule has 0 atom stereocenters. The molecule has 25 heavy (non-hydrogen) atoms. The minimum absolute atomic E-state index is 0.0000346. The Morgan fingerprint density at radius 1 is 1.12 bits per heavy atom. The Morgan fingerprint density at radius 3 is 2.28 bits per heavy atom. The molecule has 0 bridgehead atoms. The fourth-order valence-corrected chi connectivity index (χ4v) is 3.28. The van der Waals surface area contributed by atoms with Gasteiger partial charge in [0.05, 0.1) is 18.1 Å². The van der Waals surface area contributed by atoms with Gasteiger partial charge in [-0.05, 0) is 23.3 Å². The van der Waals surface area contributed by atoms with Gasteiger partial charge in [-0.2, -0.15) is 0 Å². The predicted molar refractivity (Wildman–Crippen MR) is 91.7 cm³/mol. The number of alkyl carbamates (subject to hydrolysis) is 1. The molecule has 0 saturated carbocycles. The second-order valence-corrected chi connectivity index (χ2v) is 8.29. The molecule has 1 amide bonds. The summed E-state index contributed by atoms with van der Waals surface area (Å²) in [6.45, 7) is 0.716. The quantitative estimate of drug-likeness (QED) is 0.805. The topological polar surface area (TPSA) is 81.7 Å². The number of hydrogen-bond donors (Lipinski definition) is 1. The lowest BCUT2D eigenvalue weighted by Gasteiger charge is -2.42. The van der Waals surface area contributed by atoms with Crippen LogP contribution in [0.1, 0.15) is 11.1 Å². The largest absolute Gasteiger partial charge is 0.445 e. The van der Waals surface area contributed by atoms with Crippen LogP contribution >= 0.6 is 10.7 Å². The summed E-state index contributed by atoms with van der Waals surface area (Å²) in [5, 5.41) is 2.81. The Labute approximate surface area is 150 Å². The van der Waals surface area contributed by atoms with Crippen molar-refractivity contribution in [3.63, 3.8) is 0 Å². The highest BCUT2D eigenvalue weighted by Gasteiger charge is 2.42. The van der Waals surface area contributed by atoms with E-state index in [4.69, 9.17) is 20.2 Å². The van der Waals surface area contributed by atoms with Crippen LogP contribution in [0.4, 0.5) is 4.79 Å². The van der Waals surface area contributed by atoms with Crippen molar-refractivity contribution in [1.29, 1.82) is 0 Å².